The smallest absolute Gasteiger partial charge is 0.198 e. The standard InChI is InChI=1S/C6H3Br2F9/c7-1-2(8)3(9,10)4(11,12)5(13,14)6(15,16)17/h2H,1H2/t2-/m1/s1. The van der Waals surface area contributed by atoms with E-state index in [0.29, 0.717) is 0 Å². The van der Waals surface area contributed by atoms with Crippen LogP contribution in [0.5, 0.6) is 0 Å². The molecule has 17 heavy (non-hydrogen) atoms. The zero-order chi connectivity index (χ0) is 14.3. The van der Waals surface area contributed by atoms with Crippen LogP contribution in [-0.2, 0) is 0 Å². The lowest BCUT2D eigenvalue weighted by Crippen LogP contribution is -2.63. The van der Waals surface area contributed by atoms with Crippen LogP contribution in [0.15, 0.2) is 0 Å². The third-order valence-corrected chi connectivity index (χ3v) is 4.11. The van der Waals surface area contributed by atoms with Crippen molar-refractivity contribution in [3.05, 3.63) is 0 Å². The van der Waals surface area contributed by atoms with Crippen LogP contribution in [0.3, 0.4) is 0 Å². The highest BCUT2D eigenvalue weighted by Crippen LogP contribution is 2.55. The summed E-state index contributed by atoms with van der Waals surface area (Å²) < 4.78 is 110. The third kappa shape index (κ3) is 2.69. The largest absolute Gasteiger partial charge is 0.460 e. The fraction of sp³-hybridized carbons (Fsp3) is 1.00. The molecule has 0 radical (unpaired) electrons. The molecule has 0 aliphatic heterocycles. The normalized spacial score (nSPS) is 17.1. The Morgan fingerprint density at radius 3 is 1.35 bits per heavy atom. The fourth-order valence-electron chi connectivity index (χ4n) is 0.681. The van der Waals surface area contributed by atoms with Crippen molar-refractivity contribution in [3.63, 3.8) is 0 Å². The highest BCUT2D eigenvalue weighted by atomic mass is 79.9. The van der Waals surface area contributed by atoms with E-state index in [1.165, 1.54) is 0 Å². The quantitative estimate of drug-likeness (QED) is 0.473. The van der Waals surface area contributed by atoms with Gasteiger partial charge in [-0.3, -0.25) is 0 Å². The van der Waals surface area contributed by atoms with E-state index < -0.39 is 34.1 Å². The molecule has 0 saturated heterocycles. The van der Waals surface area contributed by atoms with Gasteiger partial charge < -0.3 is 0 Å². The summed E-state index contributed by atoms with van der Waals surface area (Å²) in [6, 6.07) is 0. The Morgan fingerprint density at radius 1 is 0.765 bits per heavy atom. The summed E-state index contributed by atoms with van der Waals surface area (Å²) in [5.74, 6) is -19.0. The van der Waals surface area contributed by atoms with Crippen molar-refractivity contribution in [3.8, 4) is 0 Å². The SMILES string of the molecule is FC(F)(F)C(F)(F)C(F)(F)C(F)(F)[C@H](Br)CBr. The first kappa shape index (κ1) is 17.3. The summed E-state index contributed by atoms with van der Waals surface area (Å²) in [5, 5.41) is -0.941. The first-order valence-electron chi connectivity index (χ1n) is 3.63. The first-order valence-corrected chi connectivity index (χ1v) is 5.67. The molecule has 0 aromatic heterocycles. The van der Waals surface area contributed by atoms with E-state index in [2.05, 4.69) is 15.9 Å². The summed E-state index contributed by atoms with van der Waals surface area (Å²) in [4.78, 5) is -2.58. The maximum Gasteiger partial charge on any atom is 0.460 e. The van der Waals surface area contributed by atoms with Crippen LogP contribution in [0.4, 0.5) is 39.5 Å². The summed E-state index contributed by atoms with van der Waals surface area (Å²) in [5.41, 5.74) is 0. The predicted molar refractivity (Wildman–Crippen MR) is 47.4 cm³/mol. The Balaban J connectivity index is 5.55. The van der Waals surface area contributed by atoms with Crippen LogP contribution in [0, 0.1) is 0 Å². The zero-order valence-electron chi connectivity index (χ0n) is 7.44. The van der Waals surface area contributed by atoms with Gasteiger partial charge in [-0.25, -0.2) is 0 Å². The van der Waals surface area contributed by atoms with Gasteiger partial charge in [-0.15, -0.1) is 0 Å². The Morgan fingerprint density at radius 2 is 1.12 bits per heavy atom. The van der Waals surface area contributed by atoms with Gasteiger partial charge in [0, 0.05) is 5.33 Å². The molecule has 0 N–H and O–H groups in total. The molecule has 0 saturated carbocycles. The molecule has 0 spiro atoms. The lowest BCUT2D eigenvalue weighted by Gasteiger charge is -2.35. The van der Waals surface area contributed by atoms with E-state index in [0.717, 1.165) is 0 Å². The molecule has 0 nitrogen and oxygen atoms in total. The van der Waals surface area contributed by atoms with Gasteiger partial charge in [0.05, 0.1) is 4.83 Å². The van der Waals surface area contributed by atoms with E-state index in [-0.39, 0.29) is 0 Å². The number of halogens is 11. The van der Waals surface area contributed by atoms with Gasteiger partial charge in [0.2, 0.25) is 0 Å². The monoisotopic (exact) mass is 404 g/mol. The minimum Gasteiger partial charge on any atom is -0.198 e. The zero-order valence-corrected chi connectivity index (χ0v) is 10.6. The molecule has 0 rings (SSSR count). The van der Waals surface area contributed by atoms with E-state index in [1.54, 1.807) is 0 Å². The minimum absolute atomic E-state index is 0.941. The Bertz CT molecular complexity index is 271. The van der Waals surface area contributed by atoms with Crippen LogP contribution >= 0.6 is 31.9 Å². The van der Waals surface area contributed by atoms with Gasteiger partial charge in [-0.2, -0.15) is 39.5 Å². The van der Waals surface area contributed by atoms with Gasteiger partial charge in [0.1, 0.15) is 0 Å². The Hall–Kier alpha value is 0.330. The van der Waals surface area contributed by atoms with Crippen molar-refractivity contribution in [2.24, 2.45) is 0 Å². The van der Waals surface area contributed by atoms with Crippen molar-refractivity contribution in [2.45, 2.75) is 28.8 Å². The lowest BCUT2D eigenvalue weighted by molar-refractivity contribution is -0.394. The second-order valence-electron chi connectivity index (χ2n) is 2.89. The van der Waals surface area contributed by atoms with Crippen LogP contribution in [0.25, 0.3) is 0 Å². The molecule has 0 heterocycles. The molecule has 11 heteroatoms. The summed E-state index contributed by atoms with van der Waals surface area (Å²) in [7, 11) is 0. The predicted octanol–water partition coefficient (Wildman–Crippen LogP) is 4.61. The van der Waals surface area contributed by atoms with Gasteiger partial charge in [-0.1, -0.05) is 31.9 Å². The van der Waals surface area contributed by atoms with Crippen LogP contribution < -0.4 is 0 Å². The average Bonchev–Trinajstić information content (AvgIpc) is 2.13. The summed E-state index contributed by atoms with van der Waals surface area (Å²) >= 11 is 4.19. The highest BCUT2D eigenvalue weighted by Gasteiger charge is 2.82. The van der Waals surface area contributed by atoms with E-state index in [9.17, 15) is 39.5 Å². The van der Waals surface area contributed by atoms with Crippen molar-refractivity contribution in [2.75, 3.05) is 5.33 Å². The number of alkyl halides is 11. The molecule has 0 amide bonds. The van der Waals surface area contributed by atoms with Gasteiger partial charge in [0.25, 0.3) is 0 Å². The second-order valence-corrected chi connectivity index (χ2v) is 4.64. The van der Waals surface area contributed by atoms with E-state index in [4.69, 9.17) is 0 Å². The molecular formula is C6H3Br2F9. The molecule has 0 bridgehead atoms. The minimum atomic E-state index is -6.84. The maximum absolute atomic E-state index is 12.8. The van der Waals surface area contributed by atoms with Crippen molar-refractivity contribution in [1.82, 2.24) is 0 Å². The number of hydrogen-bond donors (Lipinski definition) is 0. The van der Waals surface area contributed by atoms with E-state index in [1.807, 2.05) is 15.9 Å². The van der Waals surface area contributed by atoms with Gasteiger partial charge >= 0.3 is 23.9 Å². The van der Waals surface area contributed by atoms with Gasteiger partial charge in [-0.05, 0) is 0 Å². The average molecular weight is 406 g/mol. The number of rotatable bonds is 4. The molecule has 0 aliphatic rings. The molecule has 1 atom stereocenters. The van der Waals surface area contributed by atoms with Crippen LogP contribution in [0.2, 0.25) is 0 Å². The van der Waals surface area contributed by atoms with E-state index >= 15 is 0 Å². The Labute approximate surface area is 106 Å². The number of hydrogen-bond acceptors (Lipinski definition) is 0. The van der Waals surface area contributed by atoms with Crippen LogP contribution in [0.1, 0.15) is 0 Å². The summed E-state index contributed by atoms with van der Waals surface area (Å²) in [6.45, 7) is 0. The fourth-order valence-corrected chi connectivity index (χ4v) is 1.38. The molecule has 0 unspecified atom stereocenters. The third-order valence-electron chi connectivity index (χ3n) is 1.70. The molecule has 0 aromatic rings. The van der Waals surface area contributed by atoms with Gasteiger partial charge in [0.15, 0.2) is 0 Å². The molecular weight excluding hydrogens is 403 g/mol. The second kappa shape index (κ2) is 4.78. The first-order chi connectivity index (χ1) is 7.23. The lowest BCUT2D eigenvalue weighted by atomic mass is 10.0. The molecule has 104 valence electrons. The molecule has 0 fully saturated rings. The highest BCUT2D eigenvalue weighted by molar-refractivity contribution is 9.12. The van der Waals surface area contributed by atoms with Crippen LogP contribution in [-0.4, -0.2) is 34.1 Å². The maximum atomic E-state index is 12.8. The van der Waals surface area contributed by atoms with Crippen molar-refractivity contribution < 1.29 is 39.5 Å². The molecule has 0 aliphatic carbocycles. The summed E-state index contributed by atoms with van der Waals surface area (Å²) in [6.07, 6.45) is -6.78. The molecule has 0 aromatic carbocycles. The van der Waals surface area contributed by atoms with Crippen molar-refractivity contribution >= 4 is 31.9 Å². The van der Waals surface area contributed by atoms with Crippen molar-refractivity contribution in [1.29, 1.82) is 0 Å². The Kier molecular flexibility index (Phi) is 4.87. The topological polar surface area (TPSA) is 0 Å².